The molecule has 0 aliphatic rings. The summed E-state index contributed by atoms with van der Waals surface area (Å²) in [7, 11) is 0. The predicted octanol–water partition coefficient (Wildman–Crippen LogP) is 2.89. The normalized spacial score (nSPS) is 11.9. The minimum atomic E-state index is -0.598. The number of hydrogen-bond acceptors (Lipinski definition) is 3. The summed E-state index contributed by atoms with van der Waals surface area (Å²) in [4.78, 5) is 27.6. The zero-order valence-electron chi connectivity index (χ0n) is 15.3. The number of carbonyl (C=O) groups excluding carboxylic acids is 2. The van der Waals surface area contributed by atoms with Gasteiger partial charge in [0.05, 0.1) is 0 Å². The van der Waals surface area contributed by atoms with Crippen molar-refractivity contribution in [2.45, 2.75) is 19.4 Å². The van der Waals surface area contributed by atoms with Crippen molar-refractivity contribution in [2.24, 2.45) is 0 Å². The minimum absolute atomic E-state index is 0.369. The maximum absolute atomic E-state index is 12.6. The molecule has 4 N–H and O–H groups in total. The minimum Gasteiger partial charge on any atom is -0.361 e. The third-order valence-corrected chi connectivity index (χ3v) is 4.39. The van der Waals surface area contributed by atoms with Crippen LogP contribution in [0.15, 0.2) is 60.8 Å². The van der Waals surface area contributed by atoms with Gasteiger partial charge < -0.3 is 15.6 Å². The lowest BCUT2D eigenvalue weighted by Crippen LogP contribution is -2.45. The van der Waals surface area contributed by atoms with Crippen molar-refractivity contribution >= 4 is 22.8 Å². The van der Waals surface area contributed by atoms with Gasteiger partial charge in [0.25, 0.3) is 0 Å². The van der Waals surface area contributed by atoms with Gasteiger partial charge in [-0.05, 0) is 30.5 Å². The van der Waals surface area contributed by atoms with Gasteiger partial charge in [0.1, 0.15) is 6.04 Å². The molecular formula is C21H24N4O2. The molecule has 3 rings (SSSR count). The van der Waals surface area contributed by atoms with E-state index in [-0.39, 0.29) is 5.91 Å². The number of hydrogen-bond donors (Lipinski definition) is 4. The number of H-pyrrole nitrogens is 1. The Balaban J connectivity index is 1.68. The largest absolute Gasteiger partial charge is 0.361 e. The van der Waals surface area contributed by atoms with Crippen LogP contribution in [0.3, 0.4) is 0 Å². The zero-order valence-corrected chi connectivity index (χ0v) is 15.3. The van der Waals surface area contributed by atoms with Crippen LogP contribution < -0.4 is 16.0 Å². The molecule has 1 aromatic heterocycles. The summed E-state index contributed by atoms with van der Waals surface area (Å²) in [5, 5.41) is 9.44. The van der Waals surface area contributed by atoms with Gasteiger partial charge >= 0.3 is 6.03 Å². The summed E-state index contributed by atoms with van der Waals surface area (Å²) in [6, 6.07) is 16.5. The Kier molecular flexibility index (Phi) is 6.22. The van der Waals surface area contributed by atoms with Crippen molar-refractivity contribution in [1.29, 1.82) is 0 Å². The summed E-state index contributed by atoms with van der Waals surface area (Å²) >= 11 is 0. The van der Waals surface area contributed by atoms with Crippen LogP contribution in [0.4, 0.5) is 4.79 Å². The van der Waals surface area contributed by atoms with E-state index in [1.54, 1.807) is 6.92 Å². The quantitative estimate of drug-likeness (QED) is 0.520. The van der Waals surface area contributed by atoms with E-state index >= 15 is 0 Å². The van der Waals surface area contributed by atoms with Crippen molar-refractivity contribution in [3.05, 3.63) is 71.9 Å². The highest BCUT2D eigenvalue weighted by Gasteiger charge is 2.21. The predicted molar refractivity (Wildman–Crippen MR) is 106 cm³/mol. The molecule has 0 saturated carbocycles. The lowest BCUT2D eigenvalue weighted by atomic mass is 10.1. The standard InChI is InChI=1S/C21H24N4O2/c1-2-22-21(27)25-20(26)19(15-8-4-3-5-9-15)23-13-12-16-14-24-18-11-7-6-10-17(16)18/h3-11,14,19,23-24H,2,12-13H2,1H3,(H2,22,25,26,27)/t19-/m0/s1. The average Bonchev–Trinajstić information content (AvgIpc) is 3.09. The zero-order chi connectivity index (χ0) is 19.1. The number of amides is 3. The molecule has 0 unspecified atom stereocenters. The van der Waals surface area contributed by atoms with Crippen molar-refractivity contribution in [3.63, 3.8) is 0 Å². The number of aromatic nitrogens is 1. The number of fused-ring (bicyclic) bond motifs is 1. The fraction of sp³-hybridized carbons (Fsp3) is 0.238. The highest BCUT2D eigenvalue weighted by atomic mass is 16.2. The number of urea groups is 1. The maximum atomic E-state index is 12.6. The van der Waals surface area contributed by atoms with Gasteiger partial charge in [0.2, 0.25) is 5.91 Å². The van der Waals surface area contributed by atoms with E-state index in [1.165, 1.54) is 10.9 Å². The Morgan fingerprint density at radius 3 is 2.56 bits per heavy atom. The molecule has 3 amide bonds. The molecule has 0 fully saturated rings. The Hall–Kier alpha value is -3.12. The third kappa shape index (κ3) is 4.74. The van der Waals surface area contributed by atoms with Crippen molar-refractivity contribution in [1.82, 2.24) is 20.9 Å². The summed E-state index contributed by atoms with van der Waals surface area (Å²) in [6.07, 6.45) is 2.76. The molecule has 0 bridgehead atoms. The summed E-state index contributed by atoms with van der Waals surface area (Å²) in [5.74, 6) is -0.369. The molecule has 1 heterocycles. The number of benzene rings is 2. The number of imide groups is 1. The second-order valence-electron chi connectivity index (χ2n) is 6.26. The first-order chi connectivity index (χ1) is 13.2. The van der Waals surface area contributed by atoms with E-state index in [0.717, 1.165) is 17.5 Å². The molecule has 3 aromatic rings. The maximum Gasteiger partial charge on any atom is 0.321 e. The molecule has 0 spiro atoms. The number of aromatic amines is 1. The Labute approximate surface area is 158 Å². The second-order valence-corrected chi connectivity index (χ2v) is 6.26. The molecule has 0 aliphatic carbocycles. The molecule has 0 radical (unpaired) electrons. The molecule has 6 heteroatoms. The van der Waals surface area contributed by atoms with Crippen LogP contribution in [0.25, 0.3) is 10.9 Å². The fourth-order valence-electron chi connectivity index (χ4n) is 3.09. The fourth-order valence-corrected chi connectivity index (χ4v) is 3.09. The number of rotatable bonds is 7. The van der Waals surface area contributed by atoms with Gasteiger partial charge in [0, 0.05) is 30.2 Å². The van der Waals surface area contributed by atoms with E-state index < -0.39 is 12.1 Å². The van der Waals surface area contributed by atoms with E-state index in [4.69, 9.17) is 0 Å². The second kappa shape index (κ2) is 9.00. The first-order valence-corrected chi connectivity index (χ1v) is 9.11. The van der Waals surface area contributed by atoms with Crippen LogP contribution in [0.2, 0.25) is 0 Å². The molecule has 1 atom stereocenters. The smallest absolute Gasteiger partial charge is 0.321 e. The molecule has 27 heavy (non-hydrogen) atoms. The monoisotopic (exact) mass is 364 g/mol. The SMILES string of the molecule is CCNC(=O)NC(=O)[C@@H](NCCc1c[nH]c2ccccc12)c1ccccc1. The van der Waals surface area contributed by atoms with Crippen LogP contribution in [-0.4, -0.2) is 30.0 Å². The average molecular weight is 364 g/mol. The van der Waals surface area contributed by atoms with Gasteiger partial charge in [-0.15, -0.1) is 0 Å². The topological polar surface area (TPSA) is 86.0 Å². The van der Waals surface area contributed by atoms with Crippen molar-refractivity contribution < 1.29 is 9.59 Å². The Morgan fingerprint density at radius 2 is 1.78 bits per heavy atom. The first kappa shape index (κ1) is 18.7. The Bertz CT molecular complexity index is 905. The van der Waals surface area contributed by atoms with Gasteiger partial charge in [0.15, 0.2) is 0 Å². The van der Waals surface area contributed by atoms with Crippen molar-refractivity contribution in [3.8, 4) is 0 Å². The molecule has 2 aromatic carbocycles. The van der Waals surface area contributed by atoms with Crippen LogP contribution >= 0.6 is 0 Å². The van der Waals surface area contributed by atoms with E-state index in [2.05, 4.69) is 27.0 Å². The summed E-state index contributed by atoms with van der Waals surface area (Å²) in [6.45, 7) is 2.87. The van der Waals surface area contributed by atoms with Crippen LogP contribution in [0.5, 0.6) is 0 Å². The van der Waals surface area contributed by atoms with Gasteiger partial charge in [-0.25, -0.2) is 4.79 Å². The highest BCUT2D eigenvalue weighted by molar-refractivity contribution is 5.97. The first-order valence-electron chi connectivity index (χ1n) is 9.11. The van der Waals surface area contributed by atoms with Crippen LogP contribution in [-0.2, 0) is 11.2 Å². The lowest BCUT2D eigenvalue weighted by molar-refractivity contribution is -0.122. The summed E-state index contributed by atoms with van der Waals surface area (Å²) in [5.41, 5.74) is 3.10. The molecule has 140 valence electrons. The van der Waals surface area contributed by atoms with E-state index in [0.29, 0.717) is 13.1 Å². The third-order valence-electron chi connectivity index (χ3n) is 4.39. The van der Waals surface area contributed by atoms with Crippen molar-refractivity contribution in [2.75, 3.05) is 13.1 Å². The molecule has 6 nitrogen and oxygen atoms in total. The molecular weight excluding hydrogens is 340 g/mol. The molecule has 0 saturated heterocycles. The van der Waals surface area contributed by atoms with Gasteiger partial charge in [-0.1, -0.05) is 48.5 Å². The highest BCUT2D eigenvalue weighted by Crippen LogP contribution is 2.18. The summed E-state index contributed by atoms with van der Waals surface area (Å²) < 4.78 is 0. The van der Waals surface area contributed by atoms with E-state index in [1.807, 2.05) is 54.7 Å². The Morgan fingerprint density at radius 1 is 1.04 bits per heavy atom. The number of nitrogens with one attached hydrogen (secondary N) is 4. The van der Waals surface area contributed by atoms with Gasteiger partial charge in [-0.3, -0.25) is 10.1 Å². The number of para-hydroxylation sites is 1. The van der Waals surface area contributed by atoms with Crippen LogP contribution in [0, 0.1) is 0 Å². The lowest BCUT2D eigenvalue weighted by Gasteiger charge is -2.18. The molecule has 0 aliphatic heterocycles. The number of carbonyl (C=O) groups is 2. The van der Waals surface area contributed by atoms with Gasteiger partial charge in [-0.2, -0.15) is 0 Å². The van der Waals surface area contributed by atoms with Crippen LogP contribution in [0.1, 0.15) is 24.1 Å². The van der Waals surface area contributed by atoms with E-state index in [9.17, 15) is 9.59 Å².